The van der Waals surface area contributed by atoms with Gasteiger partial charge in [0.15, 0.2) is 0 Å². The highest BCUT2D eigenvalue weighted by Gasteiger charge is 2.03. The summed E-state index contributed by atoms with van der Waals surface area (Å²) in [5.74, 6) is 0.765. The summed E-state index contributed by atoms with van der Waals surface area (Å²) in [5.41, 5.74) is 0. The maximum absolute atomic E-state index is 8.58. The summed E-state index contributed by atoms with van der Waals surface area (Å²) in [6.07, 6.45) is 0.0509. The quantitative estimate of drug-likeness (QED) is 0.730. The molecule has 4 heteroatoms. The molecule has 1 aromatic rings. The van der Waals surface area contributed by atoms with E-state index in [0.717, 1.165) is 5.75 Å². The zero-order valence-corrected chi connectivity index (χ0v) is 9.50. The van der Waals surface area contributed by atoms with E-state index >= 15 is 0 Å². The third kappa shape index (κ3) is 5.02. The zero-order valence-electron chi connectivity index (χ0n) is 8.74. The number of aliphatic hydroxyl groups is 1. The first-order chi connectivity index (χ1) is 7.22. The monoisotopic (exact) mass is 229 g/mol. The summed E-state index contributed by atoms with van der Waals surface area (Å²) in [6.45, 7) is 3.39. The lowest BCUT2D eigenvalue weighted by atomic mass is 10.3. The van der Waals surface area contributed by atoms with Gasteiger partial charge in [-0.05, 0) is 25.1 Å². The van der Waals surface area contributed by atoms with Gasteiger partial charge < -0.3 is 15.2 Å². The number of hydrogen-bond donors (Lipinski definition) is 2. The third-order valence-corrected chi connectivity index (χ3v) is 2.09. The van der Waals surface area contributed by atoms with Gasteiger partial charge in [-0.1, -0.05) is 17.7 Å². The molecule has 15 heavy (non-hydrogen) atoms. The molecule has 2 N–H and O–H groups in total. The molecule has 0 amide bonds. The van der Waals surface area contributed by atoms with E-state index in [4.69, 9.17) is 21.4 Å². The van der Waals surface area contributed by atoms with Crippen LogP contribution in [0.2, 0.25) is 5.02 Å². The van der Waals surface area contributed by atoms with Gasteiger partial charge in [-0.15, -0.1) is 0 Å². The fraction of sp³-hybridized carbons (Fsp3) is 0.455. The number of nitrogens with one attached hydrogen (secondary N) is 1. The number of halogens is 1. The van der Waals surface area contributed by atoms with E-state index in [1.165, 1.54) is 0 Å². The van der Waals surface area contributed by atoms with Crippen molar-refractivity contribution in [3.05, 3.63) is 29.3 Å². The Morgan fingerprint density at radius 1 is 1.53 bits per heavy atom. The van der Waals surface area contributed by atoms with Gasteiger partial charge in [0, 0.05) is 18.1 Å². The summed E-state index contributed by atoms with van der Waals surface area (Å²) >= 11 is 5.83. The van der Waals surface area contributed by atoms with Gasteiger partial charge in [-0.3, -0.25) is 0 Å². The van der Waals surface area contributed by atoms with Gasteiger partial charge in [0.1, 0.15) is 11.9 Å². The van der Waals surface area contributed by atoms with E-state index < -0.39 is 0 Å². The number of aliphatic hydroxyl groups excluding tert-OH is 1. The fourth-order valence-electron chi connectivity index (χ4n) is 1.20. The van der Waals surface area contributed by atoms with Crippen LogP contribution in [-0.4, -0.2) is 30.9 Å². The standard InChI is InChI=1S/C11H16ClNO2/c1-9(8-13-5-6-14)15-11-4-2-3-10(12)7-11/h2-4,7,9,13-14H,5-6,8H2,1H3. The third-order valence-electron chi connectivity index (χ3n) is 1.85. The van der Waals surface area contributed by atoms with Gasteiger partial charge in [0.05, 0.1) is 6.61 Å². The molecule has 1 aromatic carbocycles. The largest absolute Gasteiger partial charge is 0.489 e. The number of benzene rings is 1. The smallest absolute Gasteiger partial charge is 0.121 e. The van der Waals surface area contributed by atoms with Crippen molar-refractivity contribution in [2.45, 2.75) is 13.0 Å². The fourth-order valence-corrected chi connectivity index (χ4v) is 1.38. The summed E-state index contributed by atoms with van der Waals surface area (Å²) in [4.78, 5) is 0. The molecule has 0 radical (unpaired) electrons. The second kappa shape index (κ2) is 6.67. The molecule has 1 atom stereocenters. The minimum Gasteiger partial charge on any atom is -0.489 e. The van der Waals surface area contributed by atoms with Crippen molar-refractivity contribution in [1.82, 2.24) is 5.32 Å². The Balaban J connectivity index is 2.34. The molecule has 0 bridgehead atoms. The van der Waals surface area contributed by atoms with E-state index in [9.17, 15) is 0 Å². The molecule has 0 fully saturated rings. The van der Waals surface area contributed by atoms with E-state index in [1.54, 1.807) is 6.07 Å². The van der Waals surface area contributed by atoms with Crippen molar-refractivity contribution in [1.29, 1.82) is 0 Å². The predicted molar refractivity (Wildman–Crippen MR) is 61.5 cm³/mol. The van der Waals surface area contributed by atoms with Crippen LogP contribution in [-0.2, 0) is 0 Å². The molecule has 0 aliphatic carbocycles. The second-order valence-electron chi connectivity index (χ2n) is 3.31. The first kappa shape index (κ1) is 12.3. The molecule has 0 aliphatic rings. The molecule has 1 rings (SSSR count). The minimum atomic E-state index is 0.0509. The zero-order chi connectivity index (χ0) is 11.1. The number of rotatable bonds is 6. The first-order valence-corrected chi connectivity index (χ1v) is 5.34. The molecule has 0 aliphatic heterocycles. The highest BCUT2D eigenvalue weighted by Crippen LogP contribution is 2.17. The van der Waals surface area contributed by atoms with Crippen LogP contribution in [0.5, 0.6) is 5.75 Å². The molecule has 0 heterocycles. The van der Waals surface area contributed by atoms with Crippen molar-refractivity contribution in [2.75, 3.05) is 19.7 Å². The van der Waals surface area contributed by atoms with Crippen molar-refractivity contribution in [3.63, 3.8) is 0 Å². The van der Waals surface area contributed by atoms with Crippen LogP contribution in [0.25, 0.3) is 0 Å². The average Bonchev–Trinajstić information content (AvgIpc) is 2.18. The molecule has 0 saturated carbocycles. The van der Waals surface area contributed by atoms with Crippen molar-refractivity contribution < 1.29 is 9.84 Å². The van der Waals surface area contributed by atoms with E-state index in [1.807, 2.05) is 25.1 Å². The lowest BCUT2D eigenvalue weighted by molar-refractivity contribution is 0.210. The van der Waals surface area contributed by atoms with Crippen LogP contribution in [0.15, 0.2) is 24.3 Å². The Kier molecular flexibility index (Phi) is 5.47. The maximum Gasteiger partial charge on any atom is 0.121 e. The highest BCUT2D eigenvalue weighted by atomic mass is 35.5. The molecule has 3 nitrogen and oxygen atoms in total. The average molecular weight is 230 g/mol. The number of ether oxygens (including phenoxy) is 1. The van der Waals surface area contributed by atoms with Gasteiger partial charge in [-0.2, -0.15) is 0 Å². The Labute approximate surface area is 95.0 Å². The van der Waals surface area contributed by atoms with Crippen LogP contribution in [0.3, 0.4) is 0 Å². The van der Waals surface area contributed by atoms with Crippen LogP contribution in [0, 0.1) is 0 Å². The predicted octanol–water partition coefficient (Wildman–Crippen LogP) is 1.69. The van der Waals surface area contributed by atoms with Gasteiger partial charge >= 0.3 is 0 Å². The molecule has 0 saturated heterocycles. The maximum atomic E-state index is 8.58. The summed E-state index contributed by atoms with van der Waals surface area (Å²) in [6, 6.07) is 7.31. The molecule has 0 spiro atoms. The summed E-state index contributed by atoms with van der Waals surface area (Å²) < 4.78 is 5.61. The molecule has 84 valence electrons. The van der Waals surface area contributed by atoms with Gasteiger partial charge in [-0.25, -0.2) is 0 Å². The lowest BCUT2D eigenvalue weighted by Crippen LogP contribution is -2.30. The SMILES string of the molecule is CC(CNCCO)Oc1cccc(Cl)c1. The van der Waals surface area contributed by atoms with E-state index in [0.29, 0.717) is 18.1 Å². The molecular formula is C11H16ClNO2. The highest BCUT2D eigenvalue weighted by molar-refractivity contribution is 6.30. The Morgan fingerprint density at radius 3 is 3.00 bits per heavy atom. The first-order valence-electron chi connectivity index (χ1n) is 4.96. The van der Waals surface area contributed by atoms with Crippen molar-refractivity contribution in [2.24, 2.45) is 0 Å². The number of hydrogen-bond acceptors (Lipinski definition) is 3. The Bertz CT molecular complexity index is 294. The van der Waals surface area contributed by atoms with Crippen LogP contribution in [0.1, 0.15) is 6.92 Å². The summed E-state index contributed by atoms with van der Waals surface area (Å²) in [7, 11) is 0. The molecular weight excluding hydrogens is 214 g/mol. The van der Waals surface area contributed by atoms with E-state index in [-0.39, 0.29) is 12.7 Å². The molecule has 1 unspecified atom stereocenters. The minimum absolute atomic E-state index is 0.0509. The molecule has 0 aromatic heterocycles. The van der Waals surface area contributed by atoms with Gasteiger partial charge in [0.2, 0.25) is 0 Å². The Morgan fingerprint density at radius 2 is 2.33 bits per heavy atom. The topological polar surface area (TPSA) is 41.5 Å². The lowest BCUT2D eigenvalue weighted by Gasteiger charge is -2.15. The van der Waals surface area contributed by atoms with Crippen molar-refractivity contribution >= 4 is 11.6 Å². The summed E-state index contributed by atoms with van der Waals surface area (Å²) in [5, 5.41) is 12.3. The van der Waals surface area contributed by atoms with E-state index in [2.05, 4.69) is 5.32 Å². The van der Waals surface area contributed by atoms with Crippen LogP contribution < -0.4 is 10.1 Å². The van der Waals surface area contributed by atoms with Crippen molar-refractivity contribution in [3.8, 4) is 5.75 Å². The van der Waals surface area contributed by atoms with Gasteiger partial charge in [0.25, 0.3) is 0 Å². The second-order valence-corrected chi connectivity index (χ2v) is 3.75. The van der Waals surface area contributed by atoms with Crippen LogP contribution in [0.4, 0.5) is 0 Å². The Hall–Kier alpha value is -0.770. The van der Waals surface area contributed by atoms with Crippen LogP contribution >= 0.6 is 11.6 Å². The normalized spacial score (nSPS) is 12.5.